The molecule has 0 radical (unpaired) electrons. The minimum Gasteiger partial charge on any atom is -0.508 e. The van der Waals surface area contributed by atoms with E-state index in [1.54, 1.807) is 97.1 Å². The lowest BCUT2D eigenvalue weighted by Crippen LogP contribution is -2.01. The highest BCUT2D eigenvalue weighted by Gasteiger charge is 2.10. The Balaban J connectivity index is 1.42. The summed E-state index contributed by atoms with van der Waals surface area (Å²) in [6.45, 7) is 0. The fourth-order valence-corrected chi connectivity index (χ4v) is 2.82. The summed E-state index contributed by atoms with van der Waals surface area (Å²) < 4.78 is 11.4. The Morgan fingerprint density at radius 3 is 1.03 bits per heavy atom. The van der Waals surface area contributed by atoms with Crippen LogP contribution in [0.1, 0.15) is 15.9 Å². The van der Waals surface area contributed by atoms with Gasteiger partial charge in [-0.05, 0) is 97.1 Å². The minimum absolute atomic E-state index is 0.109. The van der Waals surface area contributed by atoms with E-state index < -0.39 is 0 Å². The summed E-state index contributed by atoms with van der Waals surface area (Å²) in [6, 6.07) is 26.6. The highest BCUT2D eigenvalue weighted by molar-refractivity contribution is 6.09. The van der Waals surface area contributed by atoms with Gasteiger partial charge in [-0.25, -0.2) is 0 Å². The van der Waals surface area contributed by atoms with Crippen LogP contribution in [-0.4, -0.2) is 16.0 Å². The second kappa shape index (κ2) is 8.41. The largest absolute Gasteiger partial charge is 0.508 e. The van der Waals surface area contributed by atoms with Crippen molar-refractivity contribution in [3.63, 3.8) is 0 Å². The van der Waals surface area contributed by atoms with E-state index in [9.17, 15) is 15.0 Å². The predicted octanol–water partition coefficient (Wildman–Crippen LogP) is 5.91. The van der Waals surface area contributed by atoms with Gasteiger partial charge in [0.05, 0.1) is 0 Å². The van der Waals surface area contributed by atoms with Gasteiger partial charge in [0.2, 0.25) is 0 Å². The summed E-state index contributed by atoms with van der Waals surface area (Å²) in [5.41, 5.74) is 1.08. The lowest BCUT2D eigenvalue weighted by molar-refractivity contribution is 0.103. The van der Waals surface area contributed by atoms with Crippen LogP contribution in [0.15, 0.2) is 97.1 Å². The van der Waals surface area contributed by atoms with E-state index in [2.05, 4.69) is 0 Å². The number of hydrogen-bond donors (Lipinski definition) is 2. The summed E-state index contributed by atoms with van der Waals surface area (Å²) >= 11 is 0. The van der Waals surface area contributed by atoms with Gasteiger partial charge in [0.25, 0.3) is 0 Å². The maximum absolute atomic E-state index is 12.7. The molecule has 0 saturated carbocycles. The van der Waals surface area contributed by atoms with Crippen LogP contribution in [0.2, 0.25) is 0 Å². The van der Waals surface area contributed by atoms with Crippen molar-refractivity contribution < 1.29 is 24.5 Å². The molecule has 5 heteroatoms. The van der Waals surface area contributed by atoms with Gasteiger partial charge in [0.15, 0.2) is 5.78 Å². The molecule has 0 unspecified atom stereocenters. The molecule has 2 N–H and O–H groups in total. The van der Waals surface area contributed by atoms with Crippen LogP contribution in [0.25, 0.3) is 0 Å². The summed E-state index contributed by atoms with van der Waals surface area (Å²) in [5, 5.41) is 18.6. The average Bonchev–Trinajstić information content (AvgIpc) is 2.77. The third kappa shape index (κ3) is 4.59. The van der Waals surface area contributed by atoms with Crippen molar-refractivity contribution in [2.45, 2.75) is 0 Å². The normalized spacial score (nSPS) is 10.4. The van der Waals surface area contributed by atoms with Gasteiger partial charge in [0.1, 0.15) is 34.5 Å². The van der Waals surface area contributed by atoms with E-state index in [4.69, 9.17) is 9.47 Å². The number of carbonyl (C=O) groups is 1. The molecule has 0 atom stereocenters. The van der Waals surface area contributed by atoms with Crippen LogP contribution in [-0.2, 0) is 0 Å². The van der Waals surface area contributed by atoms with Crippen molar-refractivity contribution in [2.75, 3.05) is 0 Å². The van der Waals surface area contributed by atoms with Gasteiger partial charge < -0.3 is 19.7 Å². The number of carbonyl (C=O) groups excluding carboxylic acids is 1. The maximum atomic E-state index is 12.7. The van der Waals surface area contributed by atoms with Crippen LogP contribution < -0.4 is 9.47 Å². The summed E-state index contributed by atoms with van der Waals surface area (Å²) in [5.74, 6) is 2.60. The molecule has 148 valence electrons. The lowest BCUT2D eigenvalue weighted by atomic mass is 10.0. The number of benzene rings is 4. The second-order valence-electron chi connectivity index (χ2n) is 6.57. The zero-order chi connectivity index (χ0) is 20.9. The molecule has 4 aromatic carbocycles. The smallest absolute Gasteiger partial charge is 0.193 e. The van der Waals surface area contributed by atoms with Gasteiger partial charge in [-0.2, -0.15) is 0 Å². The Hall–Kier alpha value is -4.25. The van der Waals surface area contributed by atoms with Gasteiger partial charge in [-0.3, -0.25) is 4.79 Å². The maximum Gasteiger partial charge on any atom is 0.193 e. The van der Waals surface area contributed by atoms with Crippen molar-refractivity contribution >= 4 is 5.78 Å². The van der Waals surface area contributed by atoms with E-state index in [1.807, 2.05) is 0 Å². The second-order valence-corrected chi connectivity index (χ2v) is 6.57. The van der Waals surface area contributed by atoms with Crippen LogP contribution >= 0.6 is 0 Å². The van der Waals surface area contributed by atoms with E-state index in [-0.39, 0.29) is 17.3 Å². The number of aromatic hydroxyl groups is 2. The molecule has 4 aromatic rings. The van der Waals surface area contributed by atoms with E-state index in [1.165, 1.54) is 0 Å². The lowest BCUT2D eigenvalue weighted by Gasteiger charge is -2.08. The van der Waals surface area contributed by atoms with Gasteiger partial charge >= 0.3 is 0 Å². The van der Waals surface area contributed by atoms with E-state index >= 15 is 0 Å². The molecule has 0 aliphatic heterocycles. The fourth-order valence-electron chi connectivity index (χ4n) is 2.82. The number of hydrogen-bond acceptors (Lipinski definition) is 5. The van der Waals surface area contributed by atoms with Gasteiger partial charge in [-0.1, -0.05) is 0 Å². The SMILES string of the molecule is O=C(c1ccc(Oc2ccc(O)cc2)cc1)c1ccc(Oc2ccc(O)cc2)cc1. The minimum atomic E-state index is -0.109. The topological polar surface area (TPSA) is 76.0 Å². The number of rotatable bonds is 6. The average molecular weight is 398 g/mol. The standard InChI is InChI=1S/C25H18O5/c26-19-5-13-23(14-6-19)29-21-9-1-17(2-10-21)25(28)18-3-11-22(12-4-18)30-24-15-7-20(27)8-16-24/h1-16,26-27H. The number of ketones is 1. The summed E-state index contributed by atoms with van der Waals surface area (Å²) in [7, 11) is 0. The first kappa shape index (κ1) is 19.1. The Kier molecular flexibility index (Phi) is 5.35. The first-order valence-electron chi connectivity index (χ1n) is 9.25. The Morgan fingerprint density at radius 2 is 0.733 bits per heavy atom. The monoisotopic (exact) mass is 398 g/mol. The summed E-state index contributed by atoms with van der Waals surface area (Å²) in [4.78, 5) is 12.7. The zero-order valence-corrected chi connectivity index (χ0v) is 15.9. The number of ether oxygens (including phenoxy) is 2. The Bertz CT molecular complexity index is 1040. The van der Waals surface area contributed by atoms with E-state index in [0.717, 1.165) is 0 Å². The molecule has 0 bridgehead atoms. The van der Waals surface area contributed by atoms with Gasteiger partial charge in [-0.15, -0.1) is 0 Å². The molecule has 0 aliphatic carbocycles. The molecule has 5 nitrogen and oxygen atoms in total. The van der Waals surface area contributed by atoms with Gasteiger partial charge in [0, 0.05) is 11.1 Å². The molecule has 0 spiro atoms. The Labute approximate surface area is 173 Å². The predicted molar refractivity (Wildman–Crippen MR) is 113 cm³/mol. The summed E-state index contributed by atoms with van der Waals surface area (Å²) in [6.07, 6.45) is 0. The Morgan fingerprint density at radius 1 is 0.467 bits per heavy atom. The first-order chi connectivity index (χ1) is 14.6. The van der Waals surface area contributed by atoms with Crippen LogP contribution in [0.4, 0.5) is 0 Å². The third-order valence-electron chi connectivity index (χ3n) is 4.38. The number of phenolic OH excluding ortho intramolecular Hbond substituents is 2. The van der Waals surface area contributed by atoms with Crippen molar-refractivity contribution in [3.05, 3.63) is 108 Å². The molecule has 0 amide bonds. The molecule has 30 heavy (non-hydrogen) atoms. The molecular formula is C25H18O5. The quantitative estimate of drug-likeness (QED) is 0.395. The highest BCUT2D eigenvalue weighted by atomic mass is 16.5. The third-order valence-corrected chi connectivity index (χ3v) is 4.38. The van der Waals surface area contributed by atoms with Crippen molar-refractivity contribution in [3.8, 4) is 34.5 Å². The molecule has 0 aromatic heterocycles. The van der Waals surface area contributed by atoms with Crippen LogP contribution in [0.5, 0.6) is 34.5 Å². The van der Waals surface area contributed by atoms with Crippen LogP contribution in [0.3, 0.4) is 0 Å². The molecule has 0 saturated heterocycles. The fraction of sp³-hybridized carbons (Fsp3) is 0. The molecule has 4 rings (SSSR count). The zero-order valence-electron chi connectivity index (χ0n) is 15.9. The van der Waals surface area contributed by atoms with Crippen LogP contribution in [0, 0.1) is 0 Å². The number of phenols is 2. The first-order valence-corrected chi connectivity index (χ1v) is 9.25. The van der Waals surface area contributed by atoms with Crippen molar-refractivity contribution in [1.29, 1.82) is 0 Å². The molecular weight excluding hydrogens is 380 g/mol. The van der Waals surface area contributed by atoms with Crippen molar-refractivity contribution in [2.24, 2.45) is 0 Å². The highest BCUT2D eigenvalue weighted by Crippen LogP contribution is 2.26. The molecule has 0 aliphatic rings. The molecule has 0 fully saturated rings. The molecule has 0 heterocycles. The van der Waals surface area contributed by atoms with Crippen molar-refractivity contribution in [1.82, 2.24) is 0 Å². The van der Waals surface area contributed by atoms with E-state index in [0.29, 0.717) is 34.1 Å².